The molecule has 1 amide bonds. The first-order chi connectivity index (χ1) is 8.99. The predicted molar refractivity (Wildman–Crippen MR) is 74.6 cm³/mol. The van der Waals surface area contributed by atoms with Crippen molar-refractivity contribution in [3.05, 3.63) is 5.82 Å². The summed E-state index contributed by atoms with van der Waals surface area (Å²) in [4.78, 5) is 20.1. The Kier molecular flexibility index (Phi) is 4.36. The first kappa shape index (κ1) is 14.2. The van der Waals surface area contributed by atoms with Crippen LogP contribution in [0.2, 0.25) is 0 Å². The molecule has 0 aliphatic carbocycles. The zero-order valence-corrected chi connectivity index (χ0v) is 12.6. The number of aromatic nitrogens is 2. The number of ether oxygens (including phenoxy) is 1. The van der Waals surface area contributed by atoms with Crippen LogP contribution in [0.5, 0.6) is 0 Å². The number of nitrogens with zero attached hydrogens (tertiary/aromatic N) is 4. The molecule has 1 unspecified atom stereocenters. The van der Waals surface area contributed by atoms with E-state index in [1.807, 2.05) is 0 Å². The molecule has 1 aromatic rings. The van der Waals surface area contributed by atoms with Crippen LogP contribution in [0.4, 0.5) is 5.13 Å². The van der Waals surface area contributed by atoms with E-state index in [-0.39, 0.29) is 5.91 Å². The van der Waals surface area contributed by atoms with Crippen LogP contribution in [0.1, 0.15) is 25.6 Å². The van der Waals surface area contributed by atoms with Gasteiger partial charge in [-0.3, -0.25) is 4.79 Å². The van der Waals surface area contributed by atoms with Crippen molar-refractivity contribution in [2.24, 2.45) is 0 Å². The van der Waals surface area contributed by atoms with Crippen molar-refractivity contribution in [2.75, 3.05) is 38.7 Å². The van der Waals surface area contributed by atoms with Crippen LogP contribution in [0, 0.1) is 0 Å². The summed E-state index contributed by atoms with van der Waals surface area (Å²) < 4.78 is 9.88. The molecule has 0 spiro atoms. The first-order valence-corrected chi connectivity index (χ1v) is 7.17. The topological polar surface area (TPSA) is 58.6 Å². The maximum absolute atomic E-state index is 11.9. The maximum atomic E-state index is 11.9. The number of carbonyl (C=O) groups excluding carboxylic acids is 1. The van der Waals surface area contributed by atoms with E-state index in [0.29, 0.717) is 19.1 Å². The van der Waals surface area contributed by atoms with Gasteiger partial charge >= 0.3 is 0 Å². The molecule has 1 aliphatic rings. The number of anilines is 1. The van der Waals surface area contributed by atoms with E-state index in [4.69, 9.17) is 4.74 Å². The number of carbonyl (C=O) groups is 1. The lowest BCUT2D eigenvalue weighted by Crippen LogP contribution is -2.49. The van der Waals surface area contributed by atoms with E-state index in [1.54, 1.807) is 19.0 Å². The molecule has 7 heteroatoms. The molecule has 1 fully saturated rings. The predicted octanol–water partition coefficient (Wildman–Crippen LogP) is 0.955. The van der Waals surface area contributed by atoms with Gasteiger partial charge in [0, 0.05) is 38.1 Å². The molecule has 1 aliphatic heterocycles. The summed E-state index contributed by atoms with van der Waals surface area (Å²) in [5, 5.41) is 0.878. The van der Waals surface area contributed by atoms with Gasteiger partial charge in [-0.1, -0.05) is 13.8 Å². The third-order valence-electron chi connectivity index (χ3n) is 3.00. The molecule has 0 aromatic carbocycles. The molecule has 19 heavy (non-hydrogen) atoms. The van der Waals surface area contributed by atoms with Crippen LogP contribution in [-0.4, -0.2) is 60.1 Å². The van der Waals surface area contributed by atoms with Gasteiger partial charge in [-0.2, -0.15) is 4.37 Å². The zero-order chi connectivity index (χ0) is 14.0. The second-order valence-corrected chi connectivity index (χ2v) is 5.86. The second-order valence-electron chi connectivity index (χ2n) is 5.13. The van der Waals surface area contributed by atoms with Gasteiger partial charge in [0.25, 0.3) is 5.91 Å². The number of rotatable bonds is 3. The molecule has 0 radical (unpaired) electrons. The van der Waals surface area contributed by atoms with E-state index >= 15 is 0 Å². The Morgan fingerprint density at radius 1 is 1.53 bits per heavy atom. The second kappa shape index (κ2) is 5.83. The minimum absolute atomic E-state index is 0.00158. The zero-order valence-electron chi connectivity index (χ0n) is 11.8. The first-order valence-electron chi connectivity index (χ1n) is 6.40. The summed E-state index contributed by atoms with van der Waals surface area (Å²) >= 11 is 1.39. The average molecular weight is 284 g/mol. The Hall–Kier alpha value is -1.21. The van der Waals surface area contributed by atoms with Crippen LogP contribution in [0.15, 0.2) is 0 Å². The van der Waals surface area contributed by atoms with Gasteiger partial charge in [-0.05, 0) is 0 Å². The standard InChI is InChI=1S/C12H20N4O2S/c1-8(2)10-13-12(19-14-10)16-5-6-18-9(7-16)11(17)15(3)4/h8-9H,5-7H2,1-4H3. The normalized spacial score (nSPS) is 19.8. The summed E-state index contributed by atoms with van der Waals surface area (Å²) in [6, 6.07) is 0. The molecule has 0 N–H and O–H groups in total. The van der Waals surface area contributed by atoms with Gasteiger partial charge in [0.15, 0.2) is 6.10 Å². The van der Waals surface area contributed by atoms with E-state index < -0.39 is 6.10 Å². The summed E-state index contributed by atoms with van der Waals surface area (Å²) in [5.41, 5.74) is 0. The highest BCUT2D eigenvalue weighted by atomic mass is 32.1. The highest BCUT2D eigenvalue weighted by Gasteiger charge is 2.29. The molecule has 2 heterocycles. The Balaban J connectivity index is 2.06. The number of hydrogen-bond acceptors (Lipinski definition) is 6. The lowest BCUT2D eigenvalue weighted by atomic mass is 10.2. The van der Waals surface area contributed by atoms with E-state index in [0.717, 1.165) is 17.5 Å². The van der Waals surface area contributed by atoms with Crippen molar-refractivity contribution in [1.82, 2.24) is 14.3 Å². The van der Waals surface area contributed by atoms with Crippen molar-refractivity contribution in [2.45, 2.75) is 25.9 Å². The Morgan fingerprint density at radius 2 is 2.26 bits per heavy atom. The van der Waals surface area contributed by atoms with Crippen LogP contribution in [0.25, 0.3) is 0 Å². The monoisotopic (exact) mass is 284 g/mol. The number of amides is 1. The van der Waals surface area contributed by atoms with Gasteiger partial charge in [-0.25, -0.2) is 4.98 Å². The molecule has 2 rings (SSSR count). The highest BCUT2D eigenvalue weighted by molar-refractivity contribution is 7.09. The lowest BCUT2D eigenvalue weighted by Gasteiger charge is -2.32. The van der Waals surface area contributed by atoms with Gasteiger partial charge in [0.05, 0.1) is 13.2 Å². The van der Waals surface area contributed by atoms with Gasteiger partial charge in [0.1, 0.15) is 5.82 Å². The molecular weight excluding hydrogens is 264 g/mol. The SMILES string of the molecule is CC(C)c1nsc(N2CCOC(C(=O)N(C)C)C2)n1. The van der Waals surface area contributed by atoms with Crippen LogP contribution in [-0.2, 0) is 9.53 Å². The number of hydrogen-bond donors (Lipinski definition) is 0. The van der Waals surface area contributed by atoms with E-state index in [9.17, 15) is 4.79 Å². The maximum Gasteiger partial charge on any atom is 0.253 e. The third-order valence-corrected chi connectivity index (χ3v) is 3.79. The minimum atomic E-state index is -0.407. The molecule has 1 aromatic heterocycles. The van der Waals surface area contributed by atoms with Crippen LogP contribution >= 0.6 is 11.5 Å². The molecule has 1 atom stereocenters. The summed E-state index contributed by atoms with van der Waals surface area (Å²) in [5.74, 6) is 1.19. The minimum Gasteiger partial charge on any atom is -0.365 e. The van der Waals surface area contributed by atoms with Crippen LogP contribution < -0.4 is 4.90 Å². The van der Waals surface area contributed by atoms with Crippen LogP contribution in [0.3, 0.4) is 0 Å². The van der Waals surface area contributed by atoms with Gasteiger partial charge in [-0.15, -0.1) is 0 Å². The molecule has 106 valence electrons. The molecule has 6 nitrogen and oxygen atoms in total. The van der Waals surface area contributed by atoms with E-state index in [2.05, 4.69) is 28.1 Å². The van der Waals surface area contributed by atoms with Crippen molar-refractivity contribution in [3.8, 4) is 0 Å². The lowest BCUT2D eigenvalue weighted by molar-refractivity contribution is -0.141. The molecule has 1 saturated heterocycles. The Morgan fingerprint density at radius 3 is 2.84 bits per heavy atom. The third kappa shape index (κ3) is 3.22. The molecule has 0 saturated carbocycles. The summed E-state index contributed by atoms with van der Waals surface area (Å²) in [6.45, 7) is 5.99. The summed E-state index contributed by atoms with van der Waals surface area (Å²) in [7, 11) is 3.49. The Labute approximate surface area is 117 Å². The number of morpholine rings is 1. The quantitative estimate of drug-likeness (QED) is 0.827. The summed E-state index contributed by atoms with van der Waals surface area (Å²) in [6.07, 6.45) is -0.407. The smallest absolute Gasteiger partial charge is 0.253 e. The number of likely N-dealkylation sites (N-methyl/N-ethyl adjacent to an activating group) is 1. The Bertz CT molecular complexity index is 447. The van der Waals surface area contributed by atoms with Crippen molar-refractivity contribution in [1.29, 1.82) is 0 Å². The van der Waals surface area contributed by atoms with E-state index in [1.165, 1.54) is 11.5 Å². The molecule has 0 bridgehead atoms. The largest absolute Gasteiger partial charge is 0.365 e. The average Bonchev–Trinajstić information content (AvgIpc) is 2.87. The fraction of sp³-hybridized carbons (Fsp3) is 0.750. The van der Waals surface area contributed by atoms with Crippen molar-refractivity contribution in [3.63, 3.8) is 0 Å². The van der Waals surface area contributed by atoms with Gasteiger partial charge in [0.2, 0.25) is 5.13 Å². The fourth-order valence-corrected chi connectivity index (χ4v) is 2.69. The van der Waals surface area contributed by atoms with Gasteiger partial charge < -0.3 is 14.5 Å². The fourth-order valence-electron chi connectivity index (χ4n) is 1.85. The van der Waals surface area contributed by atoms with Crippen molar-refractivity contribution >= 4 is 22.6 Å². The van der Waals surface area contributed by atoms with Crippen molar-refractivity contribution < 1.29 is 9.53 Å². The highest BCUT2D eigenvalue weighted by Crippen LogP contribution is 2.23. The molecular formula is C12H20N4O2S.